The number of rotatable bonds is 1. The van der Waals surface area contributed by atoms with Crippen molar-refractivity contribution in [3.05, 3.63) is 18.0 Å². The van der Waals surface area contributed by atoms with Gasteiger partial charge in [-0.05, 0) is 6.07 Å². The molecule has 48 valence electrons. The maximum atomic E-state index is 8.05. The van der Waals surface area contributed by atoms with Gasteiger partial charge in [0.15, 0.2) is 0 Å². The molecule has 1 aromatic rings. The van der Waals surface area contributed by atoms with E-state index in [-0.39, 0.29) is 0 Å². The molecule has 1 heterocycles. The molecule has 4 nitrogen and oxygen atoms in total. The second-order valence-electron chi connectivity index (χ2n) is 1.66. The summed E-state index contributed by atoms with van der Waals surface area (Å²) in [6.07, 6.45) is 3.05. The first-order chi connectivity index (χ1) is 4.33. The molecule has 0 aliphatic rings. The molecular formula is C5H7N3O. The highest BCUT2D eigenvalue weighted by molar-refractivity contribution is 5.75. The maximum Gasteiger partial charge on any atom is 0.107 e. The second-order valence-corrected chi connectivity index (χ2v) is 1.66. The summed E-state index contributed by atoms with van der Waals surface area (Å²) in [7, 11) is 1.80. The normalized spacial score (nSPS) is 10.8. The Bertz CT molecular complexity index is 216. The lowest BCUT2D eigenvalue weighted by Gasteiger charge is -1.81. The van der Waals surface area contributed by atoms with Crippen molar-refractivity contribution >= 4 is 6.21 Å². The van der Waals surface area contributed by atoms with Gasteiger partial charge in [0.2, 0.25) is 0 Å². The first kappa shape index (κ1) is 5.81. The van der Waals surface area contributed by atoms with Crippen molar-refractivity contribution in [2.75, 3.05) is 0 Å². The number of aromatic nitrogens is 2. The van der Waals surface area contributed by atoms with E-state index in [1.807, 2.05) is 0 Å². The summed E-state index contributed by atoms with van der Waals surface area (Å²) in [6, 6.07) is 1.75. The first-order valence-corrected chi connectivity index (χ1v) is 2.50. The Labute approximate surface area is 52.4 Å². The van der Waals surface area contributed by atoms with Gasteiger partial charge in [0.05, 0.1) is 6.21 Å². The van der Waals surface area contributed by atoms with Gasteiger partial charge in [-0.25, -0.2) is 0 Å². The Morgan fingerprint density at radius 2 is 2.67 bits per heavy atom. The van der Waals surface area contributed by atoms with E-state index in [0.29, 0.717) is 5.69 Å². The van der Waals surface area contributed by atoms with E-state index in [9.17, 15) is 0 Å². The molecule has 0 radical (unpaired) electrons. The molecule has 0 aromatic carbocycles. The average molecular weight is 125 g/mol. The van der Waals surface area contributed by atoms with Crippen molar-refractivity contribution in [1.82, 2.24) is 9.78 Å². The zero-order valence-corrected chi connectivity index (χ0v) is 5.02. The van der Waals surface area contributed by atoms with Crippen molar-refractivity contribution in [1.29, 1.82) is 0 Å². The molecule has 1 aromatic heterocycles. The smallest absolute Gasteiger partial charge is 0.107 e. The zero-order chi connectivity index (χ0) is 6.69. The molecule has 0 spiro atoms. The number of hydrogen-bond acceptors (Lipinski definition) is 3. The summed E-state index contributed by atoms with van der Waals surface area (Å²) >= 11 is 0. The van der Waals surface area contributed by atoms with E-state index in [1.165, 1.54) is 6.21 Å². The highest BCUT2D eigenvalue weighted by Crippen LogP contribution is 1.87. The van der Waals surface area contributed by atoms with E-state index >= 15 is 0 Å². The van der Waals surface area contributed by atoms with Crippen LogP contribution in [0.25, 0.3) is 0 Å². The summed E-state index contributed by atoms with van der Waals surface area (Å²) in [5.74, 6) is 0. The summed E-state index contributed by atoms with van der Waals surface area (Å²) in [4.78, 5) is 0. The molecule has 0 unspecified atom stereocenters. The predicted molar refractivity (Wildman–Crippen MR) is 32.6 cm³/mol. The van der Waals surface area contributed by atoms with Crippen LogP contribution in [-0.4, -0.2) is 21.2 Å². The SMILES string of the molecule is Cn1ccc(C=NO)n1. The average Bonchev–Trinajstić information content (AvgIpc) is 2.17. The Morgan fingerprint density at radius 3 is 3.11 bits per heavy atom. The third-order valence-corrected chi connectivity index (χ3v) is 0.924. The fourth-order valence-electron chi connectivity index (χ4n) is 0.561. The van der Waals surface area contributed by atoms with Crippen molar-refractivity contribution in [2.45, 2.75) is 0 Å². The maximum absolute atomic E-state index is 8.05. The monoisotopic (exact) mass is 125 g/mol. The minimum atomic E-state index is 0.653. The molecule has 0 saturated carbocycles. The van der Waals surface area contributed by atoms with Gasteiger partial charge in [-0.2, -0.15) is 5.10 Å². The van der Waals surface area contributed by atoms with Gasteiger partial charge in [0.25, 0.3) is 0 Å². The summed E-state index contributed by atoms with van der Waals surface area (Å²) < 4.78 is 1.64. The van der Waals surface area contributed by atoms with Gasteiger partial charge < -0.3 is 5.21 Å². The Hall–Kier alpha value is -1.32. The highest BCUT2D eigenvalue weighted by Gasteiger charge is 1.88. The van der Waals surface area contributed by atoms with Crippen LogP contribution in [0.5, 0.6) is 0 Å². The molecular weight excluding hydrogens is 118 g/mol. The van der Waals surface area contributed by atoms with Crippen LogP contribution in [0.2, 0.25) is 0 Å². The third-order valence-electron chi connectivity index (χ3n) is 0.924. The summed E-state index contributed by atoms with van der Waals surface area (Å²) in [5.41, 5.74) is 0.653. The molecule has 1 rings (SSSR count). The zero-order valence-electron chi connectivity index (χ0n) is 5.02. The lowest BCUT2D eigenvalue weighted by molar-refractivity contribution is 0.321. The van der Waals surface area contributed by atoms with E-state index < -0.39 is 0 Å². The van der Waals surface area contributed by atoms with Crippen LogP contribution in [0, 0.1) is 0 Å². The number of hydrogen-bond donors (Lipinski definition) is 1. The lowest BCUT2D eigenvalue weighted by Crippen LogP contribution is -1.89. The van der Waals surface area contributed by atoms with Crippen LogP contribution in [0.4, 0.5) is 0 Å². The Balaban J connectivity index is 2.85. The quantitative estimate of drug-likeness (QED) is 0.332. The summed E-state index contributed by atoms with van der Waals surface area (Å²) in [6.45, 7) is 0. The topological polar surface area (TPSA) is 50.4 Å². The standard InChI is InChI=1S/C5H7N3O/c1-8-3-2-5(7-8)4-6-9/h2-4,9H,1H3. The molecule has 0 aliphatic carbocycles. The first-order valence-electron chi connectivity index (χ1n) is 2.50. The van der Waals surface area contributed by atoms with Gasteiger partial charge in [-0.1, -0.05) is 5.16 Å². The molecule has 9 heavy (non-hydrogen) atoms. The van der Waals surface area contributed by atoms with Crippen molar-refractivity contribution in [3.8, 4) is 0 Å². The molecule has 0 atom stereocenters. The number of oxime groups is 1. The molecule has 1 N–H and O–H groups in total. The third kappa shape index (κ3) is 1.28. The number of aryl methyl sites for hydroxylation is 1. The van der Waals surface area contributed by atoms with Crippen molar-refractivity contribution in [3.63, 3.8) is 0 Å². The predicted octanol–water partition coefficient (Wildman–Crippen LogP) is 0.228. The highest BCUT2D eigenvalue weighted by atomic mass is 16.4. The fraction of sp³-hybridized carbons (Fsp3) is 0.200. The van der Waals surface area contributed by atoms with Gasteiger partial charge in [0, 0.05) is 13.2 Å². The Morgan fingerprint density at radius 1 is 1.89 bits per heavy atom. The molecule has 0 aliphatic heterocycles. The van der Waals surface area contributed by atoms with Gasteiger partial charge in [0.1, 0.15) is 5.69 Å². The second kappa shape index (κ2) is 2.30. The van der Waals surface area contributed by atoms with Gasteiger partial charge in [-0.3, -0.25) is 4.68 Å². The van der Waals surface area contributed by atoms with Gasteiger partial charge in [-0.15, -0.1) is 0 Å². The van der Waals surface area contributed by atoms with Crippen LogP contribution < -0.4 is 0 Å². The Kier molecular flexibility index (Phi) is 1.48. The number of nitrogens with zero attached hydrogens (tertiary/aromatic N) is 3. The van der Waals surface area contributed by atoms with Crippen LogP contribution in [-0.2, 0) is 7.05 Å². The van der Waals surface area contributed by atoms with Crippen molar-refractivity contribution in [2.24, 2.45) is 12.2 Å². The van der Waals surface area contributed by atoms with Crippen LogP contribution in [0.3, 0.4) is 0 Å². The largest absolute Gasteiger partial charge is 0.411 e. The van der Waals surface area contributed by atoms with Crippen LogP contribution in [0.1, 0.15) is 5.69 Å². The van der Waals surface area contributed by atoms with Crippen LogP contribution >= 0.6 is 0 Å². The fourth-order valence-corrected chi connectivity index (χ4v) is 0.561. The molecule has 0 fully saturated rings. The molecule has 4 heteroatoms. The summed E-state index contributed by atoms with van der Waals surface area (Å²) in [5, 5.41) is 14.8. The molecule has 0 saturated heterocycles. The van der Waals surface area contributed by atoms with E-state index in [0.717, 1.165) is 0 Å². The van der Waals surface area contributed by atoms with Crippen LogP contribution in [0.15, 0.2) is 17.4 Å². The van der Waals surface area contributed by atoms with E-state index in [2.05, 4.69) is 10.3 Å². The minimum absolute atomic E-state index is 0.653. The lowest BCUT2D eigenvalue weighted by atomic mass is 10.5. The van der Waals surface area contributed by atoms with E-state index in [1.54, 1.807) is 24.0 Å². The minimum Gasteiger partial charge on any atom is -0.411 e. The molecule has 0 bridgehead atoms. The van der Waals surface area contributed by atoms with Crippen molar-refractivity contribution < 1.29 is 5.21 Å². The van der Waals surface area contributed by atoms with Gasteiger partial charge >= 0.3 is 0 Å². The van der Waals surface area contributed by atoms with E-state index in [4.69, 9.17) is 5.21 Å². The molecule has 0 amide bonds.